The molecule has 1 aliphatic carbocycles. The number of phenolic OH excluding ortho intramolecular Hbond substituents is 2. The maximum atomic E-state index is 14.5. The molecule has 9 nitrogen and oxygen atoms in total. The molecule has 0 atom stereocenters. The quantitative estimate of drug-likeness (QED) is 0.206. The number of hydrogen-bond donors (Lipinski definition) is 2. The molecule has 3 aromatic carbocycles. The number of pyridine rings is 1. The molecule has 0 bridgehead atoms. The molecule has 3 heterocycles. The number of halogens is 2. The zero-order valence-corrected chi connectivity index (χ0v) is 27.0. The van der Waals surface area contributed by atoms with Crippen molar-refractivity contribution in [2.75, 3.05) is 26.3 Å². The van der Waals surface area contributed by atoms with Crippen LogP contribution >= 0.6 is 0 Å². The van der Waals surface area contributed by atoms with E-state index in [9.17, 15) is 28.6 Å². The number of fused-ring (bicyclic) bond motifs is 1. The molecule has 5 aromatic rings. The average Bonchev–Trinajstić information content (AvgIpc) is 3.10. The molecule has 7 rings (SSSR count). The average molecular weight is 669 g/mol. The number of ether oxygens (including phenoxy) is 1. The van der Waals surface area contributed by atoms with Gasteiger partial charge < -0.3 is 14.9 Å². The summed E-state index contributed by atoms with van der Waals surface area (Å²) >= 11 is 0. The van der Waals surface area contributed by atoms with Crippen molar-refractivity contribution in [1.29, 1.82) is 0 Å². The lowest BCUT2D eigenvalue weighted by Gasteiger charge is -2.30. The number of hydrogen-bond acceptors (Lipinski definition) is 7. The summed E-state index contributed by atoms with van der Waals surface area (Å²) in [5.41, 5.74) is 2.63. The summed E-state index contributed by atoms with van der Waals surface area (Å²) in [6, 6.07) is 17.9. The van der Waals surface area contributed by atoms with E-state index < -0.39 is 28.9 Å². The number of nitrogens with zero attached hydrogens (tertiary/aromatic N) is 4. The first-order chi connectivity index (χ1) is 23.8. The van der Waals surface area contributed by atoms with Gasteiger partial charge in [-0.2, -0.15) is 0 Å². The van der Waals surface area contributed by atoms with Crippen LogP contribution in [0, 0.1) is 17.6 Å². The Labute approximate surface area is 281 Å². The molecule has 2 aromatic heterocycles. The number of morpholine rings is 1. The van der Waals surface area contributed by atoms with E-state index in [4.69, 9.17) is 4.74 Å². The second-order valence-electron chi connectivity index (χ2n) is 13.1. The molecule has 2 fully saturated rings. The van der Waals surface area contributed by atoms with Crippen LogP contribution in [-0.2, 0) is 17.7 Å². The molecule has 2 aliphatic rings. The van der Waals surface area contributed by atoms with E-state index in [1.807, 2.05) is 24.3 Å². The van der Waals surface area contributed by atoms with E-state index in [2.05, 4.69) is 9.88 Å². The summed E-state index contributed by atoms with van der Waals surface area (Å²) in [5, 5.41) is 20.4. The molecular formula is C38H38F2N4O5. The first kappa shape index (κ1) is 32.7. The van der Waals surface area contributed by atoms with Gasteiger partial charge in [0.25, 0.3) is 5.56 Å². The second kappa shape index (κ2) is 13.9. The highest BCUT2D eigenvalue weighted by Gasteiger charge is 2.28. The zero-order valence-electron chi connectivity index (χ0n) is 27.0. The van der Waals surface area contributed by atoms with Crippen molar-refractivity contribution >= 4 is 11.0 Å². The van der Waals surface area contributed by atoms with E-state index in [0.29, 0.717) is 50.3 Å². The van der Waals surface area contributed by atoms with Crippen LogP contribution in [0.5, 0.6) is 11.5 Å². The van der Waals surface area contributed by atoms with Gasteiger partial charge in [0, 0.05) is 25.7 Å². The van der Waals surface area contributed by atoms with Crippen molar-refractivity contribution < 1.29 is 23.7 Å². The first-order valence-corrected chi connectivity index (χ1v) is 16.8. The minimum absolute atomic E-state index is 0.0198. The Morgan fingerprint density at radius 2 is 1.65 bits per heavy atom. The number of aromatic hydroxyl groups is 2. The Bertz CT molecular complexity index is 2120. The lowest BCUT2D eigenvalue weighted by atomic mass is 9.82. The number of phenols is 2. The molecule has 254 valence electrons. The molecular weight excluding hydrogens is 630 g/mol. The number of aryl methyl sites for hydroxylation is 1. The van der Waals surface area contributed by atoms with Crippen LogP contribution in [0.1, 0.15) is 49.3 Å². The van der Waals surface area contributed by atoms with Gasteiger partial charge in [0.05, 0.1) is 30.5 Å². The summed E-state index contributed by atoms with van der Waals surface area (Å²) in [7, 11) is 0. The molecule has 1 saturated heterocycles. The van der Waals surface area contributed by atoms with Crippen LogP contribution in [0.15, 0.2) is 82.5 Å². The molecule has 49 heavy (non-hydrogen) atoms. The van der Waals surface area contributed by atoms with Crippen LogP contribution in [0.25, 0.3) is 27.8 Å². The Balaban J connectivity index is 1.22. The van der Waals surface area contributed by atoms with Crippen molar-refractivity contribution in [3.63, 3.8) is 0 Å². The highest BCUT2D eigenvalue weighted by Crippen LogP contribution is 2.35. The lowest BCUT2D eigenvalue weighted by Crippen LogP contribution is -2.43. The molecule has 2 N–H and O–H groups in total. The smallest absolute Gasteiger partial charge is 0.337 e. The standard InChI is InChI=1S/C38H38F2N4O5/c39-28-21-33-36(41-22-28)43(30-5-1-4-26(19-30)32-14-13-31(45)20-27(32)23-42-15-17-49-18-16-42)38(48)44(37(33)47)29-11-8-24(9-12-29)7-10-25-3-2-6-34(40)35(25)46/h1-6,13-14,19-22,24,29,45-46H,7-12,15-18,23H2. The van der Waals surface area contributed by atoms with E-state index >= 15 is 0 Å². The number of aromatic nitrogens is 3. The topological polar surface area (TPSA) is 110 Å². The van der Waals surface area contributed by atoms with E-state index in [1.54, 1.807) is 30.3 Å². The van der Waals surface area contributed by atoms with Gasteiger partial charge in [0.1, 0.15) is 11.6 Å². The Kier molecular flexibility index (Phi) is 9.29. The zero-order chi connectivity index (χ0) is 34.1. The van der Waals surface area contributed by atoms with Crippen molar-refractivity contribution in [3.05, 3.63) is 117 Å². The van der Waals surface area contributed by atoms with Gasteiger partial charge in [0.15, 0.2) is 17.2 Å². The molecule has 0 amide bonds. The highest BCUT2D eigenvalue weighted by molar-refractivity contribution is 5.77. The van der Waals surface area contributed by atoms with Gasteiger partial charge in [-0.15, -0.1) is 0 Å². The fourth-order valence-corrected chi connectivity index (χ4v) is 7.36. The maximum Gasteiger partial charge on any atom is 0.337 e. The number of para-hydroxylation sites is 1. The monoisotopic (exact) mass is 668 g/mol. The molecule has 1 aliphatic heterocycles. The van der Waals surface area contributed by atoms with E-state index in [0.717, 1.165) is 61.3 Å². The second-order valence-corrected chi connectivity index (χ2v) is 13.1. The third-order valence-electron chi connectivity index (χ3n) is 9.97. The minimum atomic E-state index is -0.670. The summed E-state index contributed by atoms with van der Waals surface area (Å²) in [5.74, 6) is -1.18. The summed E-state index contributed by atoms with van der Waals surface area (Å²) in [4.78, 5) is 34.7. The Morgan fingerprint density at radius 1 is 0.878 bits per heavy atom. The predicted molar refractivity (Wildman–Crippen MR) is 182 cm³/mol. The van der Waals surface area contributed by atoms with Crippen LogP contribution < -0.4 is 11.2 Å². The third kappa shape index (κ3) is 6.73. The summed E-state index contributed by atoms with van der Waals surface area (Å²) in [6.45, 7) is 3.45. The number of rotatable bonds is 8. The molecule has 0 spiro atoms. The third-order valence-corrected chi connectivity index (χ3v) is 9.97. The molecule has 1 saturated carbocycles. The van der Waals surface area contributed by atoms with Crippen LogP contribution in [-0.4, -0.2) is 55.5 Å². The minimum Gasteiger partial charge on any atom is -0.508 e. The van der Waals surface area contributed by atoms with Gasteiger partial charge in [-0.1, -0.05) is 30.3 Å². The maximum absolute atomic E-state index is 14.5. The van der Waals surface area contributed by atoms with Gasteiger partial charge in [0.2, 0.25) is 0 Å². The van der Waals surface area contributed by atoms with Crippen molar-refractivity contribution in [2.24, 2.45) is 5.92 Å². The van der Waals surface area contributed by atoms with Gasteiger partial charge in [-0.05, 0) is 103 Å². The predicted octanol–water partition coefficient (Wildman–Crippen LogP) is 6.10. The Morgan fingerprint density at radius 3 is 2.45 bits per heavy atom. The fourth-order valence-electron chi connectivity index (χ4n) is 7.36. The lowest BCUT2D eigenvalue weighted by molar-refractivity contribution is 0.0342. The number of benzene rings is 3. The van der Waals surface area contributed by atoms with E-state index in [-0.39, 0.29) is 28.5 Å². The van der Waals surface area contributed by atoms with Crippen LogP contribution in [0.3, 0.4) is 0 Å². The molecule has 0 radical (unpaired) electrons. The van der Waals surface area contributed by atoms with Gasteiger partial charge in [-0.3, -0.25) is 14.3 Å². The highest BCUT2D eigenvalue weighted by atomic mass is 19.1. The SMILES string of the molecule is O=c1c2cc(F)cnc2n(-c2cccc(-c3ccc(O)cc3CN3CCOCC3)c2)c(=O)n1C1CCC(CCc2cccc(F)c2O)CC1. The van der Waals surface area contributed by atoms with Crippen LogP contribution in [0.4, 0.5) is 8.78 Å². The molecule has 0 unspecified atom stereocenters. The Hall–Kier alpha value is -4.87. The molecule has 11 heteroatoms. The largest absolute Gasteiger partial charge is 0.508 e. The summed E-state index contributed by atoms with van der Waals surface area (Å²) < 4.78 is 36.5. The summed E-state index contributed by atoms with van der Waals surface area (Å²) in [6.07, 6.45) is 4.91. The van der Waals surface area contributed by atoms with Gasteiger partial charge in [-0.25, -0.2) is 23.1 Å². The van der Waals surface area contributed by atoms with Crippen molar-refractivity contribution in [2.45, 2.75) is 51.1 Å². The van der Waals surface area contributed by atoms with Crippen LogP contribution in [0.2, 0.25) is 0 Å². The first-order valence-electron chi connectivity index (χ1n) is 16.8. The van der Waals surface area contributed by atoms with Gasteiger partial charge >= 0.3 is 5.69 Å². The van der Waals surface area contributed by atoms with Crippen molar-refractivity contribution in [1.82, 2.24) is 19.0 Å². The van der Waals surface area contributed by atoms with Crippen molar-refractivity contribution in [3.8, 4) is 28.3 Å². The fraction of sp³-hybridized carbons (Fsp3) is 0.342. The normalized spacial score (nSPS) is 18.6. The van der Waals surface area contributed by atoms with E-state index in [1.165, 1.54) is 15.2 Å².